The van der Waals surface area contributed by atoms with Crippen molar-refractivity contribution in [2.45, 2.75) is 32.4 Å². The van der Waals surface area contributed by atoms with E-state index in [9.17, 15) is 0 Å². The van der Waals surface area contributed by atoms with Gasteiger partial charge in [-0.05, 0) is 51.1 Å². The molecule has 2 N–H and O–H groups in total. The second-order valence-corrected chi connectivity index (χ2v) is 6.05. The normalized spacial score (nSPS) is 23.5. The SMILES string of the molecule is Cc1cccc(C)c1CC(N)C1CN(C)CCN1C. The summed E-state index contributed by atoms with van der Waals surface area (Å²) >= 11 is 0. The van der Waals surface area contributed by atoms with Crippen LogP contribution in [0.1, 0.15) is 16.7 Å². The molecule has 2 atom stereocenters. The predicted molar refractivity (Wildman–Crippen MR) is 81.5 cm³/mol. The average molecular weight is 261 g/mol. The number of aryl methyl sites for hydroxylation is 2. The van der Waals surface area contributed by atoms with E-state index in [4.69, 9.17) is 5.73 Å². The summed E-state index contributed by atoms with van der Waals surface area (Å²) in [6.45, 7) is 7.70. The van der Waals surface area contributed by atoms with E-state index in [-0.39, 0.29) is 6.04 Å². The largest absolute Gasteiger partial charge is 0.326 e. The van der Waals surface area contributed by atoms with Crippen LogP contribution in [0.5, 0.6) is 0 Å². The van der Waals surface area contributed by atoms with Crippen LogP contribution in [0.3, 0.4) is 0 Å². The summed E-state index contributed by atoms with van der Waals surface area (Å²) in [5.41, 5.74) is 10.7. The monoisotopic (exact) mass is 261 g/mol. The zero-order valence-electron chi connectivity index (χ0n) is 12.7. The summed E-state index contributed by atoms with van der Waals surface area (Å²) < 4.78 is 0. The Morgan fingerprint density at radius 2 is 1.84 bits per heavy atom. The zero-order chi connectivity index (χ0) is 14.0. The van der Waals surface area contributed by atoms with Gasteiger partial charge in [0.25, 0.3) is 0 Å². The molecule has 1 fully saturated rings. The van der Waals surface area contributed by atoms with Crippen molar-refractivity contribution in [3.8, 4) is 0 Å². The first-order chi connectivity index (χ1) is 8.99. The van der Waals surface area contributed by atoms with Gasteiger partial charge in [-0.3, -0.25) is 4.90 Å². The smallest absolute Gasteiger partial charge is 0.0375 e. The third-order valence-corrected chi connectivity index (χ3v) is 4.48. The average Bonchev–Trinajstić information content (AvgIpc) is 2.37. The van der Waals surface area contributed by atoms with Gasteiger partial charge in [-0.2, -0.15) is 0 Å². The Labute approximate surface area is 117 Å². The van der Waals surface area contributed by atoms with Gasteiger partial charge in [0.2, 0.25) is 0 Å². The van der Waals surface area contributed by atoms with Crippen LogP contribution in [0.25, 0.3) is 0 Å². The number of likely N-dealkylation sites (N-methyl/N-ethyl adjacent to an activating group) is 2. The maximum absolute atomic E-state index is 6.50. The van der Waals surface area contributed by atoms with E-state index in [0.717, 1.165) is 26.1 Å². The zero-order valence-corrected chi connectivity index (χ0v) is 12.7. The number of hydrogen-bond acceptors (Lipinski definition) is 3. The van der Waals surface area contributed by atoms with E-state index < -0.39 is 0 Å². The van der Waals surface area contributed by atoms with Crippen molar-refractivity contribution in [3.05, 3.63) is 34.9 Å². The second kappa shape index (κ2) is 6.04. The fourth-order valence-corrected chi connectivity index (χ4v) is 3.05. The molecule has 1 aliphatic rings. The highest BCUT2D eigenvalue weighted by Crippen LogP contribution is 2.18. The van der Waals surface area contributed by atoms with Gasteiger partial charge in [-0.15, -0.1) is 0 Å². The molecule has 1 saturated heterocycles. The fourth-order valence-electron chi connectivity index (χ4n) is 3.05. The van der Waals surface area contributed by atoms with Gasteiger partial charge in [0.05, 0.1) is 0 Å². The highest BCUT2D eigenvalue weighted by atomic mass is 15.3. The highest BCUT2D eigenvalue weighted by molar-refractivity contribution is 5.34. The van der Waals surface area contributed by atoms with Crippen molar-refractivity contribution >= 4 is 0 Å². The Kier molecular flexibility index (Phi) is 4.61. The van der Waals surface area contributed by atoms with Gasteiger partial charge in [0, 0.05) is 31.7 Å². The third-order valence-electron chi connectivity index (χ3n) is 4.48. The molecule has 0 aromatic heterocycles. The van der Waals surface area contributed by atoms with Crippen LogP contribution in [0, 0.1) is 13.8 Å². The minimum atomic E-state index is 0.201. The van der Waals surface area contributed by atoms with E-state index in [1.54, 1.807) is 0 Å². The van der Waals surface area contributed by atoms with Gasteiger partial charge in [0.1, 0.15) is 0 Å². The van der Waals surface area contributed by atoms with Crippen LogP contribution >= 0.6 is 0 Å². The van der Waals surface area contributed by atoms with E-state index in [1.807, 2.05) is 0 Å². The van der Waals surface area contributed by atoms with E-state index in [2.05, 4.69) is 55.9 Å². The van der Waals surface area contributed by atoms with Crippen molar-refractivity contribution in [1.82, 2.24) is 9.80 Å². The number of nitrogens with zero attached hydrogens (tertiary/aromatic N) is 2. The van der Waals surface area contributed by atoms with Crippen LogP contribution < -0.4 is 5.73 Å². The molecule has 19 heavy (non-hydrogen) atoms. The Morgan fingerprint density at radius 3 is 2.47 bits per heavy atom. The number of nitrogens with two attached hydrogens (primary N) is 1. The topological polar surface area (TPSA) is 32.5 Å². The number of rotatable bonds is 3. The summed E-state index contributed by atoms with van der Waals surface area (Å²) in [5, 5.41) is 0. The molecule has 1 aromatic carbocycles. The lowest BCUT2D eigenvalue weighted by Gasteiger charge is -2.41. The van der Waals surface area contributed by atoms with Crippen molar-refractivity contribution in [1.29, 1.82) is 0 Å². The summed E-state index contributed by atoms with van der Waals surface area (Å²) in [6, 6.07) is 7.16. The van der Waals surface area contributed by atoms with Crippen molar-refractivity contribution < 1.29 is 0 Å². The summed E-state index contributed by atoms with van der Waals surface area (Å²) in [6.07, 6.45) is 0.974. The van der Waals surface area contributed by atoms with E-state index in [0.29, 0.717) is 6.04 Å². The first kappa shape index (κ1) is 14.5. The molecule has 0 radical (unpaired) electrons. The molecule has 0 bridgehead atoms. The van der Waals surface area contributed by atoms with E-state index >= 15 is 0 Å². The number of hydrogen-bond donors (Lipinski definition) is 1. The van der Waals surface area contributed by atoms with Crippen LogP contribution in [0.15, 0.2) is 18.2 Å². The van der Waals surface area contributed by atoms with Gasteiger partial charge in [-0.25, -0.2) is 0 Å². The lowest BCUT2D eigenvalue weighted by Crippen LogP contribution is -2.58. The van der Waals surface area contributed by atoms with Crippen LogP contribution in [-0.2, 0) is 6.42 Å². The van der Waals surface area contributed by atoms with Crippen LogP contribution in [0.4, 0.5) is 0 Å². The maximum Gasteiger partial charge on any atom is 0.0375 e. The molecule has 0 spiro atoms. The highest BCUT2D eigenvalue weighted by Gasteiger charge is 2.28. The van der Waals surface area contributed by atoms with Crippen molar-refractivity contribution in [2.24, 2.45) is 5.73 Å². The molecule has 106 valence electrons. The molecule has 2 rings (SSSR count). The molecule has 3 nitrogen and oxygen atoms in total. The number of piperazine rings is 1. The first-order valence-corrected chi connectivity index (χ1v) is 7.18. The summed E-state index contributed by atoms with van der Waals surface area (Å²) in [4.78, 5) is 4.80. The lowest BCUT2D eigenvalue weighted by molar-refractivity contribution is 0.0973. The molecule has 1 aliphatic heterocycles. The van der Waals surface area contributed by atoms with Crippen LogP contribution in [-0.4, -0.2) is 55.6 Å². The predicted octanol–water partition coefficient (Wildman–Crippen LogP) is 1.42. The van der Waals surface area contributed by atoms with Crippen LogP contribution in [0.2, 0.25) is 0 Å². The Morgan fingerprint density at radius 1 is 1.21 bits per heavy atom. The second-order valence-electron chi connectivity index (χ2n) is 6.05. The maximum atomic E-state index is 6.50. The Bertz CT molecular complexity index is 410. The molecular weight excluding hydrogens is 234 g/mol. The lowest BCUT2D eigenvalue weighted by atomic mass is 9.92. The summed E-state index contributed by atoms with van der Waals surface area (Å²) in [5.74, 6) is 0. The van der Waals surface area contributed by atoms with Crippen molar-refractivity contribution in [3.63, 3.8) is 0 Å². The number of benzene rings is 1. The minimum absolute atomic E-state index is 0.201. The molecule has 2 unspecified atom stereocenters. The van der Waals surface area contributed by atoms with E-state index in [1.165, 1.54) is 16.7 Å². The van der Waals surface area contributed by atoms with Gasteiger partial charge in [-0.1, -0.05) is 18.2 Å². The van der Waals surface area contributed by atoms with Crippen molar-refractivity contribution in [2.75, 3.05) is 33.7 Å². The Hall–Kier alpha value is -0.900. The quantitative estimate of drug-likeness (QED) is 0.893. The molecule has 0 amide bonds. The standard InChI is InChI=1S/C16H27N3/c1-12-6-5-7-13(2)14(12)10-15(17)16-11-18(3)8-9-19(16)4/h5-7,15-16H,8-11,17H2,1-4H3. The fraction of sp³-hybridized carbons (Fsp3) is 0.625. The molecule has 0 aliphatic carbocycles. The van der Waals surface area contributed by atoms with Gasteiger partial charge in [0.15, 0.2) is 0 Å². The van der Waals surface area contributed by atoms with Gasteiger partial charge < -0.3 is 10.6 Å². The minimum Gasteiger partial charge on any atom is -0.326 e. The molecule has 1 heterocycles. The Balaban J connectivity index is 2.10. The molecule has 0 saturated carbocycles. The molecule has 3 heteroatoms. The third kappa shape index (κ3) is 3.35. The first-order valence-electron chi connectivity index (χ1n) is 7.18. The molecular formula is C16H27N3. The van der Waals surface area contributed by atoms with Gasteiger partial charge >= 0.3 is 0 Å². The molecule has 1 aromatic rings. The summed E-state index contributed by atoms with van der Waals surface area (Å²) in [7, 11) is 4.38.